The van der Waals surface area contributed by atoms with Gasteiger partial charge in [-0.25, -0.2) is 0 Å². The minimum absolute atomic E-state index is 0.167. The van der Waals surface area contributed by atoms with E-state index in [1.54, 1.807) is 6.26 Å². The Morgan fingerprint density at radius 2 is 2.06 bits per heavy atom. The lowest BCUT2D eigenvalue weighted by atomic mass is 10.0. The molecule has 16 heavy (non-hydrogen) atoms. The quantitative estimate of drug-likeness (QED) is 0.879. The molecule has 1 N–H and O–H groups in total. The van der Waals surface area contributed by atoms with Gasteiger partial charge in [-0.3, -0.25) is 0 Å². The van der Waals surface area contributed by atoms with E-state index < -0.39 is 0 Å². The molecule has 0 spiro atoms. The third-order valence-electron chi connectivity index (χ3n) is 2.84. The number of furan rings is 1. The van der Waals surface area contributed by atoms with Crippen LogP contribution >= 0.6 is 11.3 Å². The maximum atomic E-state index is 5.58. The number of nitrogens with one attached hydrogen (secondary N) is 1. The van der Waals surface area contributed by atoms with E-state index in [1.807, 2.05) is 24.5 Å². The Labute approximate surface area is 100 Å². The Bertz CT molecular complexity index is 484. The first-order chi connectivity index (χ1) is 7.63. The van der Waals surface area contributed by atoms with E-state index in [2.05, 4.69) is 32.2 Å². The lowest BCUT2D eigenvalue weighted by molar-refractivity contribution is 0.460. The van der Waals surface area contributed by atoms with Gasteiger partial charge in [-0.2, -0.15) is 0 Å². The zero-order chi connectivity index (χ0) is 11.7. The van der Waals surface area contributed by atoms with Crippen LogP contribution in [0, 0.1) is 20.8 Å². The van der Waals surface area contributed by atoms with Gasteiger partial charge in [0.05, 0.1) is 12.3 Å². The zero-order valence-electron chi connectivity index (χ0n) is 10.1. The topological polar surface area (TPSA) is 25.2 Å². The molecule has 0 aliphatic heterocycles. The highest BCUT2D eigenvalue weighted by molar-refractivity contribution is 7.12. The van der Waals surface area contributed by atoms with Crippen LogP contribution in [0.4, 0.5) is 0 Å². The van der Waals surface area contributed by atoms with Crippen LogP contribution in [0.25, 0.3) is 0 Å². The standard InChI is InChI=1S/C13H17NOS/c1-8-5-6-15-13(8)12(14-4)11-7-9(2)16-10(11)3/h5-7,12,14H,1-4H3. The number of aryl methyl sites for hydroxylation is 3. The molecule has 0 aliphatic carbocycles. The molecule has 3 heteroatoms. The van der Waals surface area contributed by atoms with Crippen LogP contribution in [0.3, 0.4) is 0 Å². The first kappa shape index (κ1) is 11.4. The molecule has 2 nitrogen and oxygen atoms in total. The number of hydrogen-bond donors (Lipinski definition) is 1. The van der Waals surface area contributed by atoms with Crippen LogP contribution in [0.2, 0.25) is 0 Å². The van der Waals surface area contributed by atoms with E-state index >= 15 is 0 Å². The van der Waals surface area contributed by atoms with Crippen molar-refractivity contribution in [2.75, 3.05) is 7.05 Å². The van der Waals surface area contributed by atoms with Gasteiger partial charge in [0.15, 0.2) is 0 Å². The summed E-state index contributed by atoms with van der Waals surface area (Å²) in [6.07, 6.45) is 1.75. The normalized spacial score (nSPS) is 13.0. The van der Waals surface area contributed by atoms with E-state index in [1.165, 1.54) is 20.9 Å². The molecule has 2 aromatic heterocycles. The van der Waals surface area contributed by atoms with Gasteiger partial charge >= 0.3 is 0 Å². The smallest absolute Gasteiger partial charge is 0.128 e. The average molecular weight is 235 g/mol. The molecule has 0 radical (unpaired) electrons. The molecule has 0 amide bonds. The molecule has 1 unspecified atom stereocenters. The van der Waals surface area contributed by atoms with Crippen LogP contribution in [0.1, 0.15) is 32.7 Å². The highest BCUT2D eigenvalue weighted by atomic mass is 32.1. The van der Waals surface area contributed by atoms with E-state index in [9.17, 15) is 0 Å². The van der Waals surface area contributed by atoms with Crippen molar-refractivity contribution in [3.63, 3.8) is 0 Å². The van der Waals surface area contributed by atoms with Crippen LogP contribution < -0.4 is 5.32 Å². The van der Waals surface area contributed by atoms with E-state index in [4.69, 9.17) is 4.42 Å². The SMILES string of the molecule is CNC(c1cc(C)sc1C)c1occc1C. The molecular formula is C13H17NOS. The summed E-state index contributed by atoms with van der Waals surface area (Å²) in [7, 11) is 1.97. The van der Waals surface area contributed by atoms with Crippen LogP contribution in [0.15, 0.2) is 22.8 Å². The fourth-order valence-electron chi connectivity index (χ4n) is 2.05. The van der Waals surface area contributed by atoms with Crippen molar-refractivity contribution in [3.8, 4) is 0 Å². The van der Waals surface area contributed by atoms with E-state index in [0.29, 0.717) is 0 Å². The minimum atomic E-state index is 0.167. The first-order valence-electron chi connectivity index (χ1n) is 5.41. The molecule has 0 aromatic carbocycles. The van der Waals surface area contributed by atoms with Crippen molar-refractivity contribution in [2.45, 2.75) is 26.8 Å². The first-order valence-corrected chi connectivity index (χ1v) is 6.23. The largest absolute Gasteiger partial charge is 0.467 e. The fourth-order valence-corrected chi connectivity index (χ4v) is 3.01. The molecule has 0 saturated carbocycles. The van der Waals surface area contributed by atoms with Crippen molar-refractivity contribution in [1.29, 1.82) is 0 Å². The molecule has 2 rings (SSSR count). The Balaban J connectivity index is 2.44. The monoisotopic (exact) mass is 235 g/mol. The number of thiophene rings is 1. The molecular weight excluding hydrogens is 218 g/mol. The average Bonchev–Trinajstić information content (AvgIpc) is 2.77. The summed E-state index contributed by atoms with van der Waals surface area (Å²) in [5, 5.41) is 3.33. The molecule has 0 aliphatic rings. The fraction of sp³-hybridized carbons (Fsp3) is 0.385. The number of rotatable bonds is 3. The summed E-state index contributed by atoms with van der Waals surface area (Å²) in [6.45, 7) is 6.39. The summed E-state index contributed by atoms with van der Waals surface area (Å²) in [6, 6.07) is 4.41. The van der Waals surface area contributed by atoms with Gasteiger partial charge in [-0.15, -0.1) is 11.3 Å². The second kappa shape index (κ2) is 4.44. The Kier molecular flexibility index (Phi) is 3.17. The van der Waals surface area contributed by atoms with Gasteiger partial charge in [0.2, 0.25) is 0 Å². The van der Waals surface area contributed by atoms with Crippen molar-refractivity contribution in [3.05, 3.63) is 45.0 Å². The Morgan fingerprint density at radius 3 is 2.50 bits per heavy atom. The van der Waals surface area contributed by atoms with Gasteiger partial charge in [-0.05, 0) is 51.1 Å². The maximum absolute atomic E-state index is 5.58. The number of hydrogen-bond acceptors (Lipinski definition) is 3. The predicted molar refractivity (Wildman–Crippen MR) is 68.1 cm³/mol. The summed E-state index contributed by atoms with van der Waals surface area (Å²) in [4.78, 5) is 2.70. The minimum Gasteiger partial charge on any atom is -0.467 e. The molecule has 2 aromatic rings. The molecule has 0 fully saturated rings. The van der Waals surface area contributed by atoms with Crippen molar-refractivity contribution < 1.29 is 4.42 Å². The summed E-state index contributed by atoms with van der Waals surface area (Å²) in [5.74, 6) is 1.02. The van der Waals surface area contributed by atoms with E-state index in [0.717, 1.165) is 5.76 Å². The Hall–Kier alpha value is -1.06. The molecule has 0 saturated heterocycles. The van der Waals surface area contributed by atoms with Gasteiger partial charge in [0, 0.05) is 9.75 Å². The third kappa shape index (κ3) is 1.93. The van der Waals surface area contributed by atoms with E-state index in [-0.39, 0.29) is 6.04 Å². The third-order valence-corrected chi connectivity index (χ3v) is 3.82. The lowest BCUT2D eigenvalue weighted by Crippen LogP contribution is -2.18. The lowest BCUT2D eigenvalue weighted by Gasteiger charge is -2.14. The zero-order valence-corrected chi connectivity index (χ0v) is 10.9. The van der Waals surface area contributed by atoms with Gasteiger partial charge < -0.3 is 9.73 Å². The van der Waals surface area contributed by atoms with Crippen LogP contribution in [-0.4, -0.2) is 7.05 Å². The Morgan fingerprint density at radius 1 is 1.31 bits per heavy atom. The highest BCUT2D eigenvalue weighted by Crippen LogP contribution is 2.32. The second-order valence-corrected chi connectivity index (χ2v) is 5.52. The second-order valence-electron chi connectivity index (χ2n) is 4.06. The van der Waals surface area contributed by atoms with Crippen molar-refractivity contribution >= 4 is 11.3 Å². The van der Waals surface area contributed by atoms with Gasteiger partial charge in [0.25, 0.3) is 0 Å². The van der Waals surface area contributed by atoms with Crippen molar-refractivity contribution in [2.24, 2.45) is 0 Å². The van der Waals surface area contributed by atoms with Gasteiger partial charge in [0.1, 0.15) is 5.76 Å². The summed E-state index contributed by atoms with van der Waals surface area (Å²) < 4.78 is 5.58. The summed E-state index contributed by atoms with van der Waals surface area (Å²) in [5.41, 5.74) is 2.52. The molecule has 0 bridgehead atoms. The van der Waals surface area contributed by atoms with Gasteiger partial charge in [-0.1, -0.05) is 0 Å². The molecule has 86 valence electrons. The van der Waals surface area contributed by atoms with Crippen LogP contribution in [-0.2, 0) is 0 Å². The summed E-state index contributed by atoms with van der Waals surface area (Å²) >= 11 is 1.83. The molecule has 2 heterocycles. The highest BCUT2D eigenvalue weighted by Gasteiger charge is 2.20. The predicted octanol–water partition coefficient (Wildman–Crippen LogP) is 3.58. The maximum Gasteiger partial charge on any atom is 0.128 e. The molecule has 1 atom stereocenters. The van der Waals surface area contributed by atoms with Crippen LogP contribution in [0.5, 0.6) is 0 Å². The van der Waals surface area contributed by atoms with Crippen molar-refractivity contribution in [1.82, 2.24) is 5.32 Å².